The molecule has 1 amide bonds. The van der Waals surface area contributed by atoms with Crippen molar-refractivity contribution in [2.75, 3.05) is 20.2 Å². The lowest BCUT2D eigenvalue weighted by atomic mass is 10.1. The number of amides is 1. The van der Waals surface area contributed by atoms with E-state index in [9.17, 15) is 14.4 Å². The van der Waals surface area contributed by atoms with Crippen LogP contribution in [-0.2, 0) is 19.0 Å². The van der Waals surface area contributed by atoms with E-state index < -0.39 is 18.0 Å². The third-order valence-corrected chi connectivity index (χ3v) is 4.39. The lowest BCUT2D eigenvalue weighted by Gasteiger charge is -2.36. The van der Waals surface area contributed by atoms with Crippen molar-refractivity contribution in [3.05, 3.63) is 22.5 Å². The van der Waals surface area contributed by atoms with Gasteiger partial charge in [0.05, 0.1) is 24.9 Å². The van der Waals surface area contributed by atoms with Crippen molar-refractivity contribution >= 4 is 17.8 Å². The molecule has 0 unspecified atom stereocenters. The first-order chi connectivity index (χ1) is 12.1. The predicted molar refractivity (Wildman–Crippen MR) is 93.1 cm³/mol. The molecule has 1 aromatic heterocycles. The van der Waals surface area contributed by atoms with Crippen molar-refractivity contribution in [3.8, 4) is 0 Å². The predicted octanol–water partition coefficient (Wildman–Crippen LogP) is 1.60. The number of aromatic amines is 1. The molecule has 1 aliphatic rings. The van der Waals surface area contributed by atoms with Crippen LogP contribution in [0.25, 0.3) is 0 Å². The molecule has 8 nitrogen and oxygen atoms in total. The fourth-order valence-electron chi connectivity index (χ4n) is 3.25. The number of aryl methyl sites for hydroxylation is 1. The molecule has 1 fully saturated rings. The first kappa shape index (κ1) is 20.0. The maximum Gasteiger partial charge on any atom is 0.355 e. The fraction of sp³-hybridized carbons (Fsp3) is 0.611. The van der Waals surface area contributed by atoms with Crippen LogP contribution in [-0.4, -0.2) is 66.2 Å². The highest BCUT2D eigenvalue weighted by Gasteiger charge is 2.31. The van der Waals surface area contributed by atoms with E-state index in [1.54, 1.807) is 18.7 Å². The molecule has 144 valence electrons. The van der Waals surface area contributed by atoms with Crippen molar-refractivity contribution in [3.63, 3.8) is 0 Å². The van der Waals surface area contributed by atoms with Gasteiger partial charge in [-0.25, -0.2) is 9.59 Å². The zero-order valence-corrected chi connectivity index (χ0v) is 16.0. The van der Waals surface area contributed by atoms with Crippen LogP contribution < -0.4 is 0 Å². The van der Waals surface area contributed by atoms with E-state index in [0.717, 1.165) is 0 Å². The van der Waals surface area contributed by atoms with Crippen LogP contribution in [0.15, 0.2) is 0 Å². The highest BCUT2D eigenvalue weighted by molar-refractivity contribution is 5.99. The maximum atomic E-state index is 12.6. The van der Waals surface area contributed by atoms with Gasteiger partial charge in [-0.05, 0) is 40.2 Å². The van der Waals surface area contributed by atoms with Crippen molar-refractivity contribution in [2.45, 2.75) is 52.9 Å². The first-order valence-electron chi connectivity index (χ1n) is 8.58. The molecule has 1 N–H and O–H groups in total. The lowest BCUT2D eigenvalue weighted by molar-refractivity contribution is -0.151. The van der Waals surface area contributed by atoms with Gasteiger partial charge in [0.15, 0.2) is 6.10 Å². The van der Waals surface area contributed by atoms with Gasteiger partial charge in [-0.3, -0.25) is 4.79 Å². The number of carbonyl (C=O) groups is 3. The summed E-state index contributed by atoms with van der Waals surface area (Å²) in [7, 11) is 1.28. The quantitative estimate of drug-likeness (QED) is 0.813. The second kappa shape index (κ2) is 7.90. The molecule has 3 atom stereocenters. The SMILES string of the molecule is COC(=O)c1c(C)[nH]c(C(=O)O[C@H](C)C(=O)N2C[C@@H](C)O[C@@H](C)C2)c1C. The lowest BCUT2D eigenvalue weighted by Crippen LogP contribution is -2.51. The molecule has 1 aromatic rings. The van der Waals surface area contributed by atoms with Gasteiger partial charge in [0.2, 0.25) is 0 Å². The molecule has 2 rings (SSSR count). The van der Waals surface area contributed by atoms with Crippen molar-refractivity contribution in [1.29, 1.82) is 0 Å². The molecule has 0 spiro atoms. The molecule has 26 heavy (non-hydrogen) atoms. The Morgan fingerprint density at radius 1 is 1.15 bits per heavy atom. The number of hydrogen-bond donors (Lipinski definition) is 1. The van der Waals surface area contributed by atoms with Crippen molar-refractivity contribution in [1.82, 2.24) is 9.88 Å². The number of morpholine rings is 1. The van der Waals surface area contributed by atoms with Crippen LogP contribution in [0.5, 0.6) is 0 Å². The monoisotopic (exact) mass is 366 g/mol. The Kier molecular flexibility index (Phi) is 6.07. The largest absolute Gasteiger partial charge is 0.465 e. The van der Waals surface area contributed by atoms with Crippen LogP contribution in [0.4, 0.5) is 0 Å². The Bertz CT molecular complexity index is 701. The van der Waals surface area contributed by atoms with E-state index in [1.807, 2.05) is 13.8 Å². The third-order valence-electron chi connectivity index (χ3n) is 4.39. The van der Waals surface area contributed by atoms with Crippen LogP contribution >= 0.6 is 0 Å². The number of nitrogens with one attached hydrogen (secondary N) is 1. The molecule has 0 radical (unpaired) electrons. The summed E-state index contributed by atoms with van der Waals surface area (Å²) >= 11 is 0. The number of nitrogens with zero attached hydrogens (tertiary/aromatic N) is 1. The number of hydrogen-bond acceptors (Lipinski definition) is 6. The Hall–Kier alpha value is -2.35. The second-order valence-electron chi connectivity index (χ2n) is 6.66. The molecule has 2 heterocycles. The Labute approximate surface area is 152 Å². The maximum absolute atomic E-state index is 12.6. The normalized spacial score (nSPS) is 21.2. The molecule has 1 saturated heterocycles. The molecule has 0 saturated carbocycles. The number of carbonyl (C=O) groups excluding carboxylic acids is 3. The summed E-state index contributed by atoms with van der Waals surface area (Å²) in [6.45, 7) is 9.54. The Balaban J connectivity index is 2.10. The number of methoxy groups -OCH3 is 1. The summed E-state index contributed by atoms with van der Waals surface area (Å²) in [5.74, 6) is -1.49. The number of esters is 2. The fourth-order valence-corrected chi connectivity index (χ4v) is 3.25. The molecule has 1 aliphatic heterocycles. The second-order valence-corrected chi connectivity index (χ2v) is 6.66. The molecule has 0 aliphatic carbocycles. The molecule has 0 aromatic carbocycles. The molecule has 8 heteroatoms. The topological polar surface area (TPSA) is 97.9 Å². The summed E-state index contributed by atoms with van der Waals surface area (Å²) in [5, 5.41) is 0. The van der Waals surface area contributed by atoms with Gasteiger partial charge in [-0.15, -0.1) is 0 Å². The van der Waals surface area contributed by atoms with Gasteiger partial charge in [-0.1, -0.05) is 0 Å². The van der Waals surface area contributed by atoms with E-state index in [4.69, 9.17) is 14.2 Å². The number of rotatable bonds is 4. The average Bonchev–Trinajstić information content (AvgIpc) is 2.87. The van der Waals surface area contributed by atoms with Gasteiger partial charge in [0.25, 0.3) is 5.91 Å². The Morgan fingerprint density at radius 2 is 1.73 bits per heavy atom. The van der Waals surface area contributed by atoms with E-state index in [0.29, 0.717) is 29.9 Å². The Morgan fingerprint density at radius 3 is 2.27 bits per heavy atom. The summed E-state index contributed by atoms with van der Waals surface area (Å²) in [6.07, 6.45) is -1.08. The van der Waals surface area contributed by atoms with E-state index in [1.165, 1.54) is 14.0 Å². The number of H-pyrrole nitrogens is 1. The van der Waals surface area contributed by atoms with Crippen LogP contribution in [0.3, 0.4) is 0 Å². The zero-order valence-electron chi connectivity index (χ0n) is 16.0. The van der Waals surface area contributed by atoms with Crippen molar-refractivity contribution < 1.29 is 28.6 Å². The van der Waals surface area contributed by atoms with Gasteiger partial charge in [0, 0.05) is 18.8 Å². The summed E-state index contributed by atoms with van der Waals surface area (Å²) in [4.78, 5) is 41.4. The highest BCUT2D eigenvalue weighted by atomic mass is 16.5. The van der Waals surface area contributed by atoms with E-state index >= 15 is 0 Å². The molecule has 0 bridgehead atoms. The van der Waals surface area contributed by atoms with Crippen molar-refractivity contribution in [2.24, 2.45) is 0 Å². The summed E-state index contributed by atoms with van der Waals surface area (Å²) in [6, 6.07) is 0. The van der Waals surface area contributed by atoms with Crippen LogP contribution in [0, 0.1) is 13.8 Å². The smallest absolute Gasteiger partial charge is 0.355 e. The minimum Gasteiger partial charge on any atom is -0.465 e. The van der Waals surface area contributed by atoms with Crippen LogP contribution in [0.2, 0.25) is 0 Å². The standard InChI is InChI=1S/C18H26N2O6/c1-9-7-20(8-10(2)25-9)16(21)13(5)26-18(23)15-11(3)14(12(4)19-15)17(22)24-6/h9-10,13,19H,7-8H2,1-6H3/t9-,10+,13-/m1/s1. The van der Waals surface area contributed by atoms with Gasteiger partial charge in [0.1, 0.15) is 5.69 Å². The zero-order chi connectivity index (χ0) is 19.6. The van der Waals surface area contributed by atoms with Crippen LogP contribution in [0.1, 0.15) is 52.9 Å². The highest BCUT2D eigenvalue weighted by Crippen LogP contribution is 2.20. The first-order valence-corrected chi connectivity index (χ1v) is 8.58. The molecular weight excluding hydrogens is 340 g/mol. The van der Waals surface area contributed by atoms with Gasteiger partial charge >= 0.3 is 11.9 Å². The minimum absolute atomic E-state index is 0.0680. The summed E-state index contributed by atoms with van der Waals surface area (Å²) < 4.78 is 15.7. The number of aromatic nitrogens is 1. The number of ether oxygens (including phenoxy) is 3. The third kappa shape index (κ3) is 4.07. The van der Waals surface area contributed by atoms with Gasteiger partial charge in [-0.2, -0.15) is 0 Å². The van der Waals surface area contributed by atoms with Gasteiger partial charge < -0.3 is 24.1 Å². The molecular formula is C18H26N2O6. The van der Waals surface area contributed by atoms with E-state index in [-0.39, 0.29) is 23.8 Å². The minimum atomic E-state index is -0.940. The van der Waals surface area contributed by atoms with E-state index in [2.05, 4.69) is 4.98 Å². The summed E-state index contributed by atoms with van der Waals surface area (Å²) in [5.41, 5.74) is 1.39. The average molecular weight is 366 g/mol.